The van der Waals surface area contributed by atoms with Crippen LogP contribution in [0.4, 0.5) is 0 Å². The molecule has 0 heterocycles. The fourth-order valence-electron chi connectivity index (χ4n) is 4.71. The monoisotopic (exact) mass is 291 g/mol. The molecule has 2 aliphatic rings. The molecule has 0 aliphatic heterocycles. The van der Waals surface area contributed by atoms with Crippen LogP contribution in [-0.2, 0) is 9.47 Å². The molecule has 0 N–H and O–H groups in total. The Bertz CT molecular complexity index is 427. The van der Waals surface area contributed by atoms with E-state index in [0.717, 1.165) is 25.7 Å². The van der Waals surface area contributed by atoms with E-state index in [1.807, 2.05) is 0 Å². The number of nitriles is 1. The topological polar surface area (TPSA) is 42.2 Å². The van der Waals surface area contributed by atoms with Crippen molar-refractivity contribution in [2.75, 3.05) is 20.5 Å². The number of allylic oxidation sites excluding steroid dienone is 1. The van der Waals surface area contributed by atoms with Gasteiger partial charge in [-0.05, 0) is 55.8 Å². The van der Waals surface area contributed by atoms with E-state index in [2.05, 4.69) is 26.5 Å². The average molecular weight is 291 g/mol. The van der Waals surface area contributed by atoms with Crippen LogP contribution in [0.15, 0.2) is 12.2 Å². The third-order valence-electron chi connectivity index (χ3n) is 6.22. The van der Waals surface area contributed by atoms with E-state index in [4.69, 9.17) is 9.47 Å². The predicted octanol–water partition coefficient (Wildman–Crippen LogP) is 4.30. The number of hydrogen-bond donors (Lipinski definition) is 0. The van der Waals surface area contributed by atoms with Gasteiger partial charge in [-0.1, -0.05) is 26.0 Å². The number of rotatable bonds is 5. The first kappa shape index (κ1) is 16.5. The van der Waals surface area contributed by atoms with E-state index in [1.54, 1.807) is 7.11 Å². The third-order valence-corrected chi connectivity index (χ3v) is 6.22. The van der Waals surface area contributed by atoms with Gasteiger partial charge in [0, 0.05) is 7.11 Å². The molecular formula is C18H29NO2. The Morgan fingerprint density at radius 2 is 2.19 bits per heavy atom. The maximum atomic E-state index is 10.0. The second-order valence-electron chi connectivity index (χ2n) is 7.12. The predicted molar refractivity (Wildman–Crippen MR) is 83.5 cm³/mol. The van der Waals surface area contributed by atoms with Gasteiger partial charge in [0.1, 0.15) is 6.79 Å². The summed E-state index contributed by atoms with van der Waals surface area (Å²) >= 11 is 0. The minimum absolute atomic E-state index is 0.141. The molecule has 3 nitrogen and oxygen atoms in total. The summed E-state index contributed by atoms with van der Waals surface area (Å²) in [6, 6.07) is 2.73. The Kier molecular flexibility index (Phi) is 5.11. The Labute approximate surface area is 129 Å². The van der Waals surface area contributed by atoms with E-state index in [1.165, 1.54) is 18.4 Å². The quantitative estimate of drug-likeness (QED) is 0.431. The summed E-state index contributed by atoms with van der Waals surface area (Å²) in [5.74, 6) is 0.851. The van der Waals surface area contributed by atoms with Crippen LogP contribution in [0.3, 0.4) is 0 Å². The molecule has 0 aromatic rings. The second kappa shape index (κ2) is 6.50. The van der Waals surface area contributed by atoms with Gasteiger partial charge in [-0.15, -0.1) is 0 Å². The molecule has 3 heteroatoms. The van der Waals surface area contributed by atoms with Crippen molar-refractivity contribution in [2.24, 2.45) is 22.7 Å². The Morgan fingerprint density at radius 3 is 2.86 bits per heavy atom. The number of nitrogens with zero attached hydrogens (tertiary/aromatic N) is 1. The van der Waals surface area contributed by atoms with Crippen LogP contribution in [0.25, 0.3) is 0 Å². The van der Waals surface area contributed by atoms with Crippen LogP contribution >= 0.6 is 0 Å². The highest BCUT2D eigenvalue weighted by Crippen LogP contribution is 2.62. The molecule has 0 amide bonds. The van der Waals surface area contributed by atoms with E-state index in [-0.39, 0.29) is 10.8 Å². The van der Waals surface area contributed by atoms with Crippen LogP contribution in [0.2, 0.25) is 0 Å². The highest BCUT2D eigenvalue weighted by Gasteiger charge is 2.56. The number of methoxy groups -OCH3 is 1. The lowest BCUT2D eigenvalue weighted by Gasteiger charge is -2.57. The van der Waals surface area contributed by atoms with Gasteiger partial charge in [0.2, 0.25) is 0 Å². The van der Waals surface area contributed by atoms with Crippen molar-refractivity contribution in [1.29, 1.82) is 5.26 Å². The fourth-order valence-corrected chi connectivity index (χ4v) is 4.71. The molecule has 0 spiro atoms. The van der Waals surface area contributed by atoms with Gasteiger partial charge in [-0.3, -0.25) is 0 Å². The number of hydrogen-bond acceptors (Lipinski definition) is 3. The van der Waals surface area contributed by atoms with E-state index in [9.17, 15) is 5.26 Å². The van der Waals surface area contributed by atoms with Crippen LogP contribution in [0, 0.1) is 34.0 Å². The van der Waals surface area contributed by atoms with Gasteiger partial charge in [0.25, 0.3) is 0 Å². The van der Waals surface area contributed by atoms with Crippen LogP contribution in [-0.4, -0.2) is 20.5 Å². The molecule has 2 fully saturated rings. The van der Waals surface area contributed by atoms with Crippen LogP contribution in [0.1, 0.15) is 52.4 Å². The summed E-state index contributed by atoms with van der Waals surface area (Å²) in [6.07, 6.45) is 6.56. The normalized spacial score (nSPS) is 39.6. The van der Waals surface area contributed by atoms with Gasteiger partial charge < -0.3 is 9.47 Å². The van der Waals surface area contributed by atoms with Crippen LogP contribution in [0.5, 0.6) is 0 Å². The van der Waals surface area contributed by atoms with Crippen molar-refractivity contribution in [1.82, 2.24) is 0 Å². The van der Waals surface area contributed by atoms with E-state index in [0.29, 0.717) is 25.2 Å². The largest absolute Gasteiger partial charge is 0.359 e. The molecule has 0 aromatic carbocycles. The molecule has 118 valence electrons. The number of ether oxygens (including phenoxy) is 2. The van der Waals surface area contributed by atoms with Crippen molar-refractivity contribution < 1.29 is 9.47 Å². The van der Waals surface area contributed by atoms with E-state index >= 15 is 0 Å². The van der Waals surface area contributed by atoms with Crippen molar-refractivity contribution in [3.63, 3.8) is 0 Å². The molecule has 0 aromatic heterocycles. The third kappa shape index (κ3) is 2.76. The maximum absolute atomic E-state index is 10.0. The highest BCUT2D eigenvalue weighted by molar-refractivity contribution is 5.23. The molecule has 4 atom stereocenters. The molecule has 21 heavy (non-hydrogen) atoms. The van der Waals surface area contributed by atoms with Gasteiger partial charge in [-0.2, -0.15) is 5.26 Å². The van der Waals surface area contributed by atoms with Gasteiger partial charge in [0.15, 0.2) is 0 Å². The molecule has 2 aliphatic carbocycles. The Morgan fingerprint density at radius 1 is 1.43 bits per heavy atom. The first-order valence-electron chi connectivity index (χ1n) is 8.17. The maximum Gasteiger partial charge on any atom is 0.146 e. The molecule has 0 radical (unpaired) electrons. The fraction of sp³-hybridized carbons (Fsp3) is 0.833. The minimum atomic E-state index is -0.274. The van der Waals surface area contributed by atoms with Crippen molar-refractivity contribution in [2.45, 2.75) is 52.4 Å². The zero-order valence-corrected chi connectivity index (χ0v) is 13.8. The SMILES string of the molecule is C=C1CCC[C@H]2[C@](C#N)(CCOCOC)[C@@H](C)CC[C@@]12C. The molecule has 0 bridgehead atoms. The highest BCUT2D eigenvalue weighted by atomic mass is 16.7. The second-order valence-corrected chi connectivity index (χ2v) is 7.12. The van der Waals surface area contributed by atoms with Crippen molar-refractivity contribution >= 4 is 0 Å². The summed E-state index contributed by atoms with van der Waals surface area (Å²) in [6.45, 7) is 9.84. The lowest BCUT2D eigenvalue weighted by Crippen LogP contribution is -2.51. The van der Waals surface area contributed by atoms with Gasteiger partial charge >= 0.3 is 0 Å². The van der Waals surface area contributed by atoms with Crippen molar-refractivity contribution in [3.8, 4) is 6.07 Å². The van der Waals surface area contributed by atoms with Crippen molar-refractivity contribution in [3.05, 3.63) is 12.2 Å². The number of fused-ring (bicyclic) bond motifs is 1. The van der Waals surface area contributed by atoms with Crippen LogP contribution < -0.4 is 0 Å². The smallest absolute Gasteiger partial charge is 0.146 e. The summed E-state index contributed by atoms with van der Waals surface area (Å²) < 4.78 is 10.5. The molecule has 0 unspecified atom stereocenters. The summed E-state index contributed by atoms with van der Waals surface area (Å²) in [4.78, 5) is 0. The van der Waals surface area contributed by atoms with Gasteiger partial charge in [0.05, 0.1) is 18.1 Å². The summed E-state index contributed by atoms with van der Waals surface area (Å²) in [5, 5.41) is 10.0. The summed E-state index contributed by atoms with van der Waals surface area (Å²) in [7, 11) is 1.63. The molecule has 2 saturated carbocycles. The minimum Gasteiger partial charge on any atom is -0.359 e. The molecular weight excluding hydrogens is 262 g/mol. The Hall–Kier alpha value is -0.850. The van der Waals surface area contributed by atoms with Gasteiger partial charge in [-0.25, -0.2) is 0 Å². The molecule has 2 rings (SSSR count). The standard InChI is InChI=1S/C18H29NO2/c1-14-6-5-7-16-17(14,3)9-8-15(2)18(16,12-19)10-11-21-13-20-4/h15-16H,1,5-11,13H2,2-4H3/t15-,16+,17-,18-/m0/s1. The van der Waals surface area contributed by atoms with E-state index < -0.39 is 0 Å². The first-order valence-corrected chi connectivity index (χ1v) is 8.17. The molecule has 0 saturated heterocycles. The lowest BCUT2D eigenvalue weighted by atomic mass is 9.46. The summed E-state index contributed by atoms with van der Waals surface area (Å²) in [5.41, 5.74) is 1.23. The first-order chi connectivity index (χ1) is 10.0. The zero-order chi connectivity index (χ0) is 15.5. The lowest BCUT2D eigenvalue weighted by molar-refractivity contribution is -0.0718. The average Bonchev–Trinajstić information content (AvgIpc) is 2.48. The zero-order valence-electron chi connectivity index (χ0n) is 13.8. The Balaban J connectivity index is 2.23.